The lowest BCUT2D eigenvalue weighted by molar-refractivity contribution is -0.178. The highest BCUT2D eigenvalue weighted by Crippen LogP contribution is 2.47. The normalized spacial score (nSPS) is 34.8. The van der Waals surface area contributed by atoms with Crippen molar-refractivity contribution in [1.82, 2.24) is 25.7 Å². The molecule has 0 bridgehead atoms. The van der Waals surface area contributed by atoms with Gasteiger partial charge in [0.1, 0.15) is 12.9 Å². The van der Waals surface area contributed by atoms with Crippen molar-refractivity contribution in [3.63, 3.8) is 0 Å². The Morgan fingerprint density at radius 2 is 1.93 bits per heavy atom. The van der Waals surface area contributed by atoms with Crippen LogP contribution in [0.15, 0.2) is 12.5 Å². The van der Waals surface area contributed by atoms with E-state index in [4.69, 9.17) is 0 Å². The predicted octanol–water partition coefficient (Wildman–Crippen LogP) is 2.88. The summed E-state index contributed by atoms with van der Waals surface area (Å²) in [5, 5.41) is 0. The van der Waals surface area contributed by atoms with Gasteiger partial charge in [-0.1, -0.05) is 12.8 Å². The number of amides is 1. The van der Waals surface area contributed by atoms with Crippen LogP contribution in [0.2, 0.25) is 0 Å². The molecule has 2 saturated carbocycles. The first-order valence-electron chi connectivity index (χ1n) is 11.1. The predicted molar refractivity (Wildman–Crippen MR) is 103 cm³/mol. The number of nitrogens with zero attached hydrogens (tertiary/aromatic N) is 3. The van der Waals surface area contributed by atoms with Crippen molar-refractivity contribution in [2.24, 2.45) is 11.8 Å². The van der Waals surface area contributed by atoms with Gasteiger partial charge < -0.3 is 4.90 Å². The molecule has 0 aromatic carbocycles. The van der Waals surface area contributed by atoms with Crippen molar-refractivity contribution in [3.8, 4) is 0 Å². The molecule has 2 N–H and O–H groups in total. The van der Waals surface area contributed by atoms with Gasteiger partial charge in [-0.2, -0.15) is 13.2 Å². The molecule has 2 aliphatic carbocycles. The number of hydrogen-bond donors (Lipinski definition) is 2. The van der Waals surface area contributed by atoms with E-state index in [1.807, 2.05) is 6.20 Å². The lowest BCUT2D eigenvalue weighted by atomic mass is 9.67. The van der Waals surface area contributed by atoms with Crippen molar-refractivity contribution in [2.75, 3.05) is 13.1 Å². The zero-order valence-electron chi connectivity index (χ0n) is 16.9. The van der Waals surface area contributed by atoms with E-state index in [0.29, 0.717) is 18.9 Å². The largest absolute Gasteiger partial charge is 0.406 e. The molecule has 5 atom stereocenters. The van der Waals surface area contributed by atoms with Gasteiger partial charge in [0, 0.05) is 30.7 Å². The topological polar surface area (TPSA) is 70.1 Å². The molecule has 0 radical (unpaired) electrons. The Hall–Kier alpha value is -1.74. The van der Waals surface area contributed by atoms with Crippen LogP contribution in [0, 0.1) is 11.8 Å². The van der Waals surface area contributed by atoms with Crippen molar-refractivity contribution < 1.29 is 18.0 Å². The van der Waals surface area contributed by atoms with E-state index in [-0.39, 0.29) is 23.8 Å². The van der Waals surface area contributed by atoms with Crippen LogP contribution < -0.4 is 10.9 Å². The van der Waals surface area contributed by atoms with Crippen LogP contribution in [0.25, 0.3) is 0 Å². The minimum Gasteiger partial charge on any atom is -0.330 e. The van der Waals surface area contributed by atoms with Gasteiger partial charge in [0.15, 0.2) is 0 Å². The van der Waals surface area contributed by atoms with Crippen LogP contribution in [-0.2, 0) is 4.79 Å². The number of carbonyl (C=O) groups excluding carboxylic acids is 1. The summed E-state index contributed by atoms with van der Waals surface area (Å²) in [5.74, 6) is -0.250. The fraction of sp³-hybridized carbons (Fsp3) is 0.762. The maximum atomic E-state index is 13.4. The molecular weight excluding hydrogens is 395 g/mol. The van der Waals surface area contributed by atoms with Gasteiger partial charge in [-0.05, 0) is 49.5 Å². The van der Waals surface area contributed by atoms with Crippen molar-refractivity contribution in [3.05, 3.63) is 23.8 Å². The summed E-state index contributed by atoms with van der Waals surface area (Å²) in [5.41, 5.74) is 8.34. The molecule has 3 heterocycles. The highest BCUT2D eigenvalue weighted by atomic mass is 19.4. The summed E-state index contributed by atoms with van der Waals surface area (Å²) >= 11 is 0. The number of halogens is 3. The summed E-state index contributed by atoms with van der Waals surface area (Å²) in [4.78, 5) is 23.0. The number of nitrogens with one attached hydrogen (secondary N) is 2. The van der Waals surface area contributed by atoms with E-state index in [0.717, 1.165) is 41.8 Å². The smallest absolute Gasteiger partial charge is 0.330 e. The van der Waals surface area contributed by atoms with Crippen LogP contribution in [-0.4, -0.2) is 52.1 Å². The van der Waals surface area contributed by atoms with Gasteiger partial charge in [0.25, 0.3) is 0 Å². The van der Waals surface area contributed by atoms with Gasteiger partial charge in [0.2, 0.25) is 5.91 Å². The molecule has 164 valence electrons. The van der Waals surface area contributed by atoms with Crippen molar-refractivity contribution >= 4 is 5.91 Å². The maximum Gasteiger partial charge on any atom is 0.406 e. The van der Waals surface area contributed by atoms with Gasteiger partial charge >= 0.3 is 6.18 Å². The second-order valence-corrected chi connectivity index (χ2v) is 9.32. The van der Waals surface area contributed by atoms with Crippen LogP contribution >= 0.6 is 0 Å². The summed E-state index contributed by atoms with van der Waals surface area (Å²) in [6.07, 6.45) is 5.90. The number of likely N-dealkylation sites (tertiary alicyclic amines) is 1. The second-order valence-electron chi connectivity index (χ2n) is 9.32. The fourth-order valence-electron chi connectivity index (χ4n) is 6.36. The zero-order chi connectivity index (χ0) is 20.9. The number of hydrogen-bond acceptors (Lipinski definition) is 5. The number of hydrazine groups is 1. The van der Waals surface area contributed by atoms with Crippen LogP contribution in [0.4, 0.5) is 13.2 Å². The molecule has 1 aromatic heterocycles. The molecule has 4 fully saturated rings. The van der Waals surface area contributed by atoms with E-state index in [1.165, 1.54) is 12.8 Å². The number of piperidine rings is 1. The summed E-state index contributed by atoms with van der Waals surface area (Å²) in [6.45, 7) is -0.771. The molecule has 1 aromatic rings. The first-order valence-corrected chi connectivity index (χ1v) is 11.1. The molecule has 5 rings (SSSR count). The summed E-state index contributed by atoms with van der Waals surface area (Å²) in [6, 6.07) is -0.502. The molecule has 0 spiro atoms. The highest BCUT2D eigenvalue weighted by molar-refractivity contribution is 5.82. The Morgan fingerprint density at radius 1 is 1.13 bits per heavy atom. The minimum absolute atomic E-state index is 0.0286. The third kappa shape index (κ3) is 3.60. The Kier molecular flexibility index (Phi) is 5.21. The van der Waals surface area contributed by atoms with E-state index >= 15 is 0 Å². The summed E-state index contributed by atoms with van der Waals surface area (Å²) < 4.78 is 40.1. The Balaban J connectivity index is 1.44. The molecular formula is C21H28F3N5O. The molecule has 9 heteroatoms. The average Bonchev–Trinajstić information content (AvgIpc) is 3.42. The first-order chi connectivity index (χ1) is 14.4. The molecule has 30 heavy (non-hydrogen) atoms. The van der Waals surface area contributed by atoms with Gasteiger partial charge in [-0.25, -0.2) is 9.97 Å². The van der Waals surface area contributed by atoms with Crippen LogP contribution in [0.3, 0.4) is 0 Å². The Labute approximate surface area is 174 Å². The standard InChI is InChI=1S/C21H28F3N5O/c22-21(23,24)10-29-17-7-13(5-6-14(17)19-16(20(29)30)9-27-28-19)15-8-25-11-26-18(15)12-3-1-2-4-12/h8,11-14,16-17,19,27-28H,1-7,9-10H2. The van der Waals surface area contributed by atoms with Crippen LogP contribution in [0.5, 0.6) is 0 Å². The van der Waals surface area contributed by atoms with E-state index in [9.17, 15) is 18.0 Å². The molecule has 5 unspecified atom stereocenters. The average molecular weight is 423 g/mol. The quantitative estimate of drug-likeness (QED) is 0.783. The lowest BCUT2D eigenvalue weighted by Gasteiger charge is -2.50. The second kappa shape index (κ2) is 7.75. The lowest BCUT2D eigenvalue weighted by Crippen LogP contribution is -2.63. The van der Waals surface area contributed by atoms with Crippen molar-refractivity contribution in [2.45, 2.75) is 75.0 Å². The first kappa shape index (κ1) is 20.2. The fourth-order valence-corrected chi connectivity index (χ4v) is 6.36. The number of carbonyl (C=O) groups is 1. The molecule has 1 amide bonds. The molecule has 2 saturated heterocycles. The Morgan fingerprint density at radius 3 is 2.70 bits per heavy atom. The van der Waals surface area contributed by atoms with Gasteiger partial charge in [-0.3, -0.25) is 15.6 Å². The monoisotopic (exact) mass is 423 g/mol. The van der Waals surface area contributed by atoms with Crippen molar-refractivity contribution in [1.29, 1.82) is 0 Å². The Bertz CT molecular complexity index is 797. The minimum atomic E-state index is -4.40. The third-order valence-electron chi connectivity index (χ3n) is 7.66. The number of aromatic nitrogens is 2. The summed E-state index contributed by atoms with van der Waals surface area (Å²) in [7, 11) is 0. The molecule has 4 aliphatic rings. The number of rotatable bonds is 3. The third-order valence-corrected chi connectivity index (χ3v) is 7.66. The van der Waals surface area contributed by atoms with E-state index in [2.05, 4.69) is 20.8 Å². The molecule has 6 nitrogen and oxygen atoms in total. The zero-order valence-corrected chi connectivity index (χ0v) is 16.9. The van der Waals surface area contributed by atoms with Gasteiger partial charge in [-0.15, -0.1) is 0 Å². The van der Waals surface area contributed by atoms with E-state index in [1.54, 1.807) is 6.33 Å². The van der Waals surface area contributed by atoms with Gasteiger partial charge in [0.05, 0.1) is 11.6 Å². The molecule has 2 aliphatic heterocycles. The maximum absolute atomic E-state index is 13.4. The van der Waals surface area contributed by atoms with E-state index < -0.39 is 24.7 Å². The highest BCUT2D eigenvalue weighted by Gasteiger charge is 2.54. The SMILES string of the molecule is O=C1C2CNNC2C2CCC(c3cncnc3C3CCCC3)CC2N1CC(F)(F)F. The number of alkyl halides is 3. The number of fused-ring (bicyclic) bond motifs is 3. The van der Waals surface area contributed by atoms with Crippen LogP contribution in [0.1, 0.15) is 68.0 Å².